The van der Waals surface area contributed by atoms with Crippen molar-refractivity contribution in [1.29, 1.82) is 5.26 Å². The van der Waals surface area contributed by atoms with Gasteiger partial charge in [-0.05, 0) is 6.42 Å². The van der Waals surface area contributed by atoms with E-state index in [1.165, 1.54) is 5.01 Å². The van der Waals surface area contributed by atoms with Gasteiger partial charge in [0.15, 0.2) is 0 Å². The quantitative estimate of drug-likeness (QED) is 0.827. The zero-order chi connectivity index (χ0) is 12.0. The van der Waals surface area contributed by atoms with Crippen LogP contribution in [0.5, 0.6) is 0 Å². The van der Waals surface area contributed by atoms with E-state index >= 15 is 0 Å². The maximum absolute atomic E-state index is 8.64. The van der Waals surface area contributed by atoms with Crippen LogP contribution in [0.2, 0.25) is 0 Å². The van der Waals surface area contributed by atoms with E-state index in [-0.39, 0.29) is 6.04 Å². The number of nitriles is 1. The van der Waals surface area contributed by atoms with Crippen LogP contribution in [0.15, 0.2) is 5.38 Å². The largest absolute Gasteiger partial charge is 0.307 e. The lowest BCUT2D eigenvalue weighted by atomic mass is 10.1. The Labute approximate surface area is 102 Å². The van der Waals surface area contributed by atoms with E-state index in [0.717, 1.165) is 18.7 Å². The molecule has 0 saturated heterocycles. The molecule has 3 nitrogen and oxygen atoms in total. The maximum Gasteiger partial charge on any atom is 0.0954 e. The fraction of sp³-hybridized carbons (Fsp3) is 0.667. The van der Waals surface area contributed by atoms with Gasteiger partial charge >= 0.3 is 0 Å². The molecule has 1 aromatic heterocycles. The number of nitrogens with zero attached hydrogens (tertiary/aromatic N) is 2. The molecule has 1 unspecified atom stereocenters. The highest BCUT2D eigenvalue weighted by Crippen LogP contribution is 2.19. The Balaban J connectivity index is 2.44. The van der Waals surface area contributed by atoms with Crippen LogP contribution in [0.25, 0.3) is 0 Å². The summed E-state index contributed by atoms with van der Waals surface area (Å²) in [6.45, 7) is 7.17. The first kappa shape index (κ1) is 13.1. The fourth-order valence-electron chi connectivity index (χ4n) is 1.39. The number of hydrogen-bond acceptors (Lipinski definition) is 4. The molecule has 1 atom stereocenters. The van der Waals surface area contributed by atoms with Gasteiger partial charge in [-0.1, -0.05) is 20.8 Å². The zero-order valence-corrected chi connectivity index (χ0v) is 11.0. The van der Waals surface area contributed by atoms with Gasteiger partial charge in [0.1, 0.15) is 0 Å². The van der Waals surface area contributed by atoms with Gasteiger partial charge in [0, 0.05) is 23.9 Å². The Morgan fingerprint density at radius 3 is 2.81 bits per heavy atom. The summed E-state index contributed by atoms with van der Waals surface area (Å²) in [5.41, 5.74) is 1.09. The van der Waals surface area contributed by atoms with Crippen molar-refractivity contribution in [2.75, 3.05) is 0 Å². The summed E-state index contributed by atoms with van der Waals surface area (Å²) in [6, 6.07) is 2.48. The molecule has 0 spiro atoms. The van der Waals surface area contributed by atoms with Crippen molar-refractivity contribution in [3.8, 4) is 6.07 Å². The van der Waals surface area contributed by atoms with Crippen molar-refractivity contribution in [3.63, 3.8) is 0 Å². The second-order valence-corrected chi connectivity index (χ2v) is 5.07. The van der Waals surface area contributed by atoms with Crippen molar-refractivity contribution in [1.82, 2.24) is 10.3 Å². The Bertz CT molecular complexity index is 351. The van der Waals surface area contributed by atoms with Gasteiger partial charge in [-0.2, -0.15) is 5.26 Å². The molecular weight excluding hydrogens is 218 g/mol. The Morgan fingerprint density at radius 1 is 1.56 bits per heavy atom. The first-order chi connectivity index (χ1) is 7.67. The van der Waals surface area contributed by atoms with Crippen molar-refractivity contribution in [2.24, 2.45) is 0 Å². The first-order valence-corrected chi connectivity index (χ1v) is 6.60. The molecule has 0 aliphatic rings. The van der Waals surface area contributed by atoms with E-state index in [4.69, 9.17) is 5.26 Å². The minimum atomic E-state index is 0.286. The van der Waals surface area contributed by atoms with Gasteiger partial charge in [0.2, 0.25) is 0 Å². The average molecular weight is 237 g/mol. The normalized spacial score (nSPS) is 12.7. The molecule has 0 fully saturated rings. The summed E-state index contributed by atoms with van der Waals surface area (Å²) in [5.74, 6) is 0.500. The van der Waals surface area contributed by atoms with Gasteiger partial charge in [0.05, 0.1) is 23.2 Å². The van der Waals surface area contributed by atoms with Gasteiger partial charge in [-0.15, -0.1) is 11.3 Å². The van der Waals surface area contributed by atoms with Crippen molar-refractivity contribution in [2.45, 2.75) is 52.1 Å². The van der Waals surface area contributed by atoms with Crippen LogP contribution < -0.4 is 5.32 Å². The van der Waals surface area contributed by atoms with E-state index in [2.05, 4.69) is 42.5 Å². The third kappa shape index (κ3) is 3.92. The standard InChI is InChI=1S/C12H19N3S/c1-4-10(5-6-13)14-7-11-8-16-12(15-11)9(2)3/h8-10,14H,4-5,7H2,1-3H3. The summed E-state index contributed by atoms with van der Waals surface area (Å²) in [5, 5.41) is 15.3. The monoisotopic (exact) mass is 237 g/mol. The van der Waals surface area contributed by atoms with E-state index in [1.807, 2.05) is 0 Å². The fourth-order valence-corrected chi connectivity index (χ4v) is 2.22. The molecule has 1 heterocycles. The lowest BCUT2D eigenvalue weighted by Crippen LogP contribution is -2.27. The highest BCUT2D eigenvalue weighted by Gasteiger charge is 2.08. The average Bonchev–Trinajstić information content (AvgIpc) is 2.73. The molecule has 0 bridgehead atoms. The predicted octanol–water partition coefficient (Wildman–Crippen LogP) is 3.05. The molecule has 4 heteroatoms. The zero-order valence-electron chi connectivity index (χ0n) is 10.2. The number of rotatable bonds is 6. The highest BCUT2D eigenvalue weighted by molar-refractivity contribution is 7.09. The molecule has 1 aromatic rings. The Morgan fingerprint density at radius 2 is 2.31 bits per heavy atom. The third-order valence-corrected chi connectivity index (χ3v) is 3.66. The summed E-state index contributed by atoms with van der Waals surface area (Å²) < 4.78 is 0. The molecule has 88 valence electrons. The molecule has 0 saturated carbocycles. The van der Waals surface area contributed by atoms with Crippen LogP contribution in [0, 0.1) is 11.3 Å². The summed E-state index contributed by atoms with van der Waals surface area (Å²) in [6.07, 6.45) is 1.55. The van der Waals surface area contributed by atoms with Gasteiger partial charge in [-0.3, -0.25) is 0 Å². The number of aromatic nitrogens is 1. The summed E-state index contributed by atoms with van der Waals surface area (Å²) >= 11 is 1.71. The van der Waals surface area contributed by atoms with E-state index in [1.54, 1.807) is 11.3 Å². The molecule has 0 aliphatic heterocycles. The maximum atomic E-state index is 8.64. The minimum Gasteiger partial charge on any atom is -0.307 e. The van der Waals surface area contributed by atoms with Crippen LogP contribution in [0.1, 0.15) is 50.2 Å². The SMILES string of the molecule is CCC(CC#N)NCc1csc(C(C)C)n1. The number of nitrogens with one attached hydrogen (secondary N) is 1. The Hall–Kier alpha value is -0.920. The third-order valence-electron chi connectivity index (χ3n) is 2.47. The summed E-state index contributed by atoms with van der Waals surface area (Å²) in [7, 11) is 0. The van der Waals surface area contributed by atoms with Crippen LogP contribution in [0.3, 0.4) is 0 Å². The lowest BCUT2D eigenvalue weighted by molar-refractivity contribution is 0.501. The van der Waals surface area contributed by atoms with Crippen LogP contribution in [-0.2, 0) is 6.54 Å². The topological polar surface area (TPSA) is 48.7 Å². The number of hydrogen-bond donors (Lipinski definition) is 1. The molecule has 16 heavy (non-hydrogen) atoms. The van der Waals surface area contributed by atoms with Crippen molar-refractivity contribution in [3.05, 3.63) is 16.1 Å². The minimum absolute atomic E-state index is 0.286. The molecule has 0 amide bonds. The molecular formula is C12H19N3S. The predicted molar refractivity (Wildman–Crippen MR) is 67.4 cm³/mol. The molecule has 0 aromatic carbocycles. The smallest absolute Gasteiger partial charge is 0.0954 e. The van der Waals surface area contributed by atoms with Gasteiger partial charge in [-0.25, -0.2) is 4.98 Å². The van der Waals surface area contributed by atoms with Crippen LogP contribution in [0.4, 0.5) is 0 Å². The van der Waals surface area contributed by atoms with Crippen LogP contribution in [-0.4, -0.2) is 11.0 Å². The molecule has 0 radical (unpaired) electrons. The van der Waals surface area contributed by atoms with Gasteiger partial charge in [0.25, 0.3) is 0 Å². The van der Waals surface area contributed by atoms with E-state index in [0.29, 0.717) is 12.3 Å². The second-order valence-electron chi connectivity index (χ2n) is 4.18. The van der Waals surface area contributed by atoms with Gasteiger partial charge < -0.3 is 5.32 Å². The first-order valence-electron chi connectivity index (χ1n) is 5.72. The lowest BCUT2D eigenvalue weighted by Gasteiger charge is -2.11. The van der Waals surface area contributed by atoms with E-state index in [9.17, 15) is 0 Å². The van der Waals surface area contributed by atoms with Crippen molar-refractivity contribution >= 4 is 11.3 Å². The second kappa shape index (κ2) is 6.62. The molecule has 1 N–H and O–H groups in total. The summed E-state index contributed by atoms with van der Waals surface area (Å²) in [4.78, 5) is 4.55. The van der Waals surface area contributed by atoms with Crippen molar-refractivity contribution < 1.29 is 0 Å². The highest BCUT2D eigenvalue weighted by atomic mass is 32.1. The Kier molecular flexibility index (Phi) is 5.44. The van der Waals surface area contributed by atoms with Crippen LogP contribution >= 0.6 is 11.3 Å². The molecule has 1 rings (SSSR count). The number of thiazole rings is 1. The molecule has 0 aliphatic carbocycles. The van der Waals surface area contributed by atoms with E-state index < -0.39 is 0 Å².